The summed E-state index contributed by atoms with van der Waals surface area (Å²) in [5, 5.41) is 12.4. The zero-order chi connectivity index (χ0) is 15.2. The van der Waals surface area contributed by atoms with E-state index in [0.29, 0.717) is 5.92 Å². The van der Waals surface area contributed by atoms with Gasteiger partial charge in [-0.1, -0.05) is 0 Å². The third-order valence-electron chi connectivity index (χ3n) is 4.18. The van der Waals surface area contributed by atoms with Gasteiger partial charge in [0.2, 0.25) is 0 Å². The number of carbonyl (C=O) groups is 1. The molecule has 0 spiro atoms. The number of hydrogen-bond donors (Lipinski definition) is 2. The first-order chi connectivity index (χ1) is 10.2. The molecule has 0 aromatic heterocycles. The lowest BCUT2D eigenvalue weighted by Crippen LogP contribution is -2.40. The molecule has 1 aliphatic rings. The van der Waals surface area contributed by atoms with Crippen molar-refractivity contribution < 1.29 is 9.90 Å². The van der Waals surface area contributed by atoms with Crippen molar-refractivity contribution in [3.8, 4) is 0 Å². The highest BCUT2D eigenvalue weighted by atomic mass is 16.3. The van der Waals surface area contributed by atoms with Gasteiger partial charge in [0.05, 0.1) is 0 Å². The predicted octanol–water partition coefficient (Wildman–Crippen LogP) is 2.66. The van der Waals surface area contributed by atoms with Gasteiger partial charge in [0.15, 0.2) is 0 Å². The highest BCUT2D eigenvalue weighted by Crippen LogP contribution is 2.22. The van der Waals surface area contributed by atoms with Crippen LogP contribution in [0.5, 0.6) is 0 Å². The quantitative estimate of drug-likeness (QED) is 0.876. The molecule has 116 valence electrons. The first-order valence-corrected chi connectivity index (χ1v) is 7.90. The van der Waals surface area contributed by atoms with E-state index in [9.17, 15) is 4.79 Å². The topological polar surface area (TPSA) is 52.6 Å². The largest absolute Gasteiger partial charge is 0.396 e. The molecule has 2 N–H and O–H groups in total. The first kappa shape index (κ1) is 15.8. The van der Waals surface area contributed by atoms with Gasteiger partial charge in [-0.25, -0.2) is 0 Å². The van der Waals surface area contributed by atoms with Crippen molar-refractivity contribution in [1.82, 2.24) is 4.90 Å². The van der Waals surface area contributed by atoms with E-state index in [0.717, 1.165) is 55.7 Å². The Morgan fingerprint density at radius 3 is 2.95 bits per heavy atom. The van der Waals surface area contributed by atoms with Crippen molar-refractivity contribution in [2.24, 2.45) is 5.92 Å². The number of hydrogen-bond acceptors (Lipinski definition) is 3. The molecule has 4 heteroatoms. The Hall–Kier alpha value is -1.55. The van der Waals surface area contributed by atoms with Crippen molar-refractivity contribution in [2.45, 2.75) is 33.1 Å². The Kier molecular flexibility index (Phi) is 5.62. The molecule has 21 heavy (non-hydrogen) atoms. The van der Waals surface area contributed by atoms with Gasteiger partial charge in [-0.05, 0) is 62.8 Å². The maximum Gasteiger partial charge on any atom is 0.253 e. The number of aryl methyl sites for hydroxylation is 1. The number of piperidine rings is 1. The fourth-order valence-corrected chi connectivity index (χ4v) is 3.04. The summed E-state index contributed by atoms with van der Waals surface area (Å²) < 4.78 is 0. The molecular formula is C17H26N2O2. The van der Waals surface area contributed by atoms with Gasteiger partial charge in [-0.3, -0.25) is 4.79 Å². The molecular weight excluding hydrogens is 264 g/mol. The number of benzene rings is 1. The molecule has 1 aromatic rings. The number of likely N-dealkylation sites (tertiary alicyclic amines) is 1. The van der Waals surface area contributed by atoms with Crippen LogP contribution in [0.4, 0.5) is 5.69 Å². The number of amides is 1. The van der Waals surface area contributed by atoms with Crippen molar-refractivity contribution in [2.75, 3.05) is 31.6 Å². The van der Waals surface area contributed by atoms with E-state index in [1.54, 1.807) is 0 Å². The molecule has 1 saturated heterocycles. The SMILES string of the molecule is CCNc1ccc(C(=O)N2CCCC(CCO)C2)cc1C. The van der Waals surface area contributed by atoms with Gasteiger partial charge >= 0.3 is 0 Å². The van der Waals surface area contributed by atoms with Crippen molar-refractivity contribution in [3.63, 3.8) is 0 Å². The molecule has 0 radical (unpaired) electrons. The monoisotopic (exact) mass is 290 g/mol. The number of rotatable bonds is 5. The minimum absolute atomic E-state index is 0.115. The van der Waals surface area contributed by atoms with Gasteiger partial charge in [-0.2, -0.15) is 0 Å². The maximum atomic E-state index is 12.6. The van der Waals surface area contributed by atoms with Crippen LogP contribution in [0.3, 0.4) is 0 Å². The zero-order valence-electron chi connectivity index (χ0n) is 13.1. The third kappa shape index (κ3) is 3.97. The second-order valence-corrected chi connectivity index (χ2v) is 5.83. The molecule has 1 fully saturated rings. The molecule has 1 aromatic carbocycles. The molecule has 0 bridgehead atoms. The molecule has 0 saturated carbocycles. The van der Waals surface area contributed by atoms with Crippen molar-refractivity contribution >= 4 is 11.6 Å². The Bertz CT molecular complexity index is 486. The number of nitrogens with zero attached hydrogens (tertiary/aromatic N) is 1. The van der Waals surface area contributed by atoms with Crippen LogP contribution >= 0.6 is 0 Å². The van der Waals surface area contributed by atoms with Gasteiger partial charge < -0.3 is 15.3 Å². The van der Waals surface area contributed by atoms with E-state index in [4.69, 9.17) is 5.11 Å². The number of anilines is 1. The molecule has 1 amide bonds. The molecule has 1 heterocycles. The van der Waals surface area contributed by atoms with Gasteiger partial charge in [0.25, 0.3) is 5.91 Å². The number of aliphatic hydroxyl groups excluding tert-OH is 1. The Morgan fingerprint density at radius 2 is 2.29 bits per heavy atom. The average Bonchev–Trinajstić information content (AvgIpc) is 2.49. The summed E-state index contributed by atoms with van der Waals surface area (Å²) in [6.07, 6.45) is 2.94. The maximum absolute atomic E-state index is 12.6. The second-order valence-electron chi connectivity index (χ2n) is 5.83. The summed E-state index contributed by atoms with van der Waals surface area (Å²) >= 11 is 0. The van der Waals surface area contributed by atoms with Crippen LogP contribution in [0.1, 0.15) is 42.1 Å². The van der Waals surface area contributed by atoms with E-state index in [1.807, 2.05) is 30.0 Å². The average molecular weight is 290 g/mol. The number of aliphatic hydroxyl groups is 1. The van der Waals surface area contributed by atoms with Gasteiger partial charge in [0.1, 0.15) is 0 Å². The van der Waals surface area contributed by atoms with E-state index in [-0.39, 0.29) is 12.5 Å². The Morgan fingerprint density at radius 1 is 1.48 bits per heavy atom. The van der Waals surface area contributed by atoms with Crippen molar-refractivity contribution in [3.05, 3.63) is 29.3 Å². The van der Waals surface area contributed by atoms with Crippen LogP contribution in [0.25, 0.3) is 0 Å². The normalized spacial score (nSPS) is 18.6. The lowest BCUT2D eigenvalue weighted by atomic mass is 9.94. The molecule has 1 atom stereocenters. The van der Waals surface area contributed by atoms with Crippen LogP contribution < -0.4 is 5.32 Å². The fraction of sp³-hybridized carbons (Fsp3) is 0.588. The minimum Gasteiger partial charge on any atom is -0.396 e. The molecule has 1 unspecified atom stereocenters. The second kappa shape index (κ2) is 7.46. The highest BCUT2D eigenvalue weighted by Gasteiger charge is 2.24. The minimum atomic E-state index is 0.115. The zero-order valence-corrected chi connectivity index (χ0v) is 13.1. The third-order valence-corrected chi connectivity index (χ3v) is 4.18. The smallest absolute Gasteiger partial charge is 0.253 e. The lowest BCUT2D eigenvalue weighted by Gasteiger charge is -2.32. The summed E-state index contributed by atoms with van der Waals surface area (Å²) in [5.74, 6) is 0.554. The highest BCUT2D eigenvalue weighted by molar-refractivity contribution is 5.95. The summed E-state index contributed by atoms with van der Waals surface area (Å²) in [7, 11) is 0. The van der Waals surface area contributed by atoms with E-state index < -0.39 is 0 Å². The van der Waals surface area contributed by atoms with Gasteiger partial charge in [0, 0.05) is 37.5 Å². The van der Waals surface area contributed by atoms with E-state index in [1.165, 1.54) is 0 Å². The molecule has 4 nitrogen and oxygen atoms in total. The summed E-state index contributed by atoms with van der Waals surface area (Å²) in [6.45, 7) is 6.78. The Balaban J connectivity index is 2.07. The summed E-state index contributed by atoms with van der Waals surface area (Å²) in [4.78, 5) is 14.5. The standard InChI is InChI=1S/C17H26N2O2/c1-3-18-16-7-6-15(11-13(16)2)17(21)19-9-4-5-14(12-19)8-10-20/h6-7,11,14,18,20H,3-5,8-10,12H2,1-2H3. The van der Waals surface area contributed by atoms with Gasteiger partial charge in [-0.15, -0.1) is 0 Å². The summed E-state index contributed by atoms with van der Waals surface area (Å²) in [5.41, 5.74) is 2.95. The first-order valence-electron chi connectivity index (χ1n) is 7.90. The number of nitrogens with one attached hydrogen (secondary N) is 1. The van der Waals surface area contributed by atoms with Crippen molar-refractivity contribution in [1.29, 1.82) is 0 Å². The van der Waals surface area contributed by atoms with Crippen LogP contribution in [0.2, 0.25) is 0 Å². The molecule has 1 aliphatic heterocycles. The van der Waals surface area contributed by atoms with E-state index in [2.05, 4.69) is 12.2 Å². The summed E-state index contributed by atoms with van der Waals surface area (Å²) in [6, 6.07) is 5.86. The van der Waals surface area contributed by atoms with Crippen LogP contribution in [-0.2, 0) is 0 Å². The Labute approximate surface area is 127 Å². The van der Waals surface area contributed by atoms with Crippen LogP contribution in [-0.4, -0.2) is 42.2 Å². The molecule has 0 aliphatic carbocycles. The molecule has 2 rings (SSSR count). The lowest BCUT2D eigenvalue weighted by molar-refractivity contribution is 0.0653. The van der Waals surface area contributed by atoms with Crippen LogP contribution in [0, 0.1) is 12.8 Å². The number of carbonyl (C=O) groups excluding carboxylic acids is 1. The van der Waals surface area contributed by atoms with Crippen LogP contribution in [0.15, 0.2) is 18.2 Å². The predicted molar refractivity (Wildman–Crippen MR) is 85.7 cm³/mol. The fourth-order valence-electron chi connectivity index (χ4n) is 3.04. The van der Waals surface area contributed by atoms with E-state index >= 15 is 0 Å².